The second-order valence-corrected chi connectivity index (χ2v) is 11.1. The Morgan fingerprint density at radius 1 is 1.10 bits per heavy atom. The van der Waals surface area contributed by atoms with E-state index in [1.54, 1.807) is 6.07 Å². The van der Waals surface area contributed by atoms with Gasteiger partial charge in [-0.05, 0) is 73.8 Å². The van der Waals surface area contributed by atoms with Gasteiger partial charge in [0.1, 0.15) is 17.2 Å². The number of benzene rings is 2. The molecule has 2 aromatic carbocycles. The van der Waals surface area contributed by atoms with Gasteiger partial charge in [-0.3, -0.25) is 4.79 Å². The zero-order valence-electron chi connectivity index (χ0n) is 22.1. The van der Waals surface area contributed by atoms with Crippen molar-refractivity contribution in [3.05, 3.63) is 65.0 Å². The van der Waals surface area contributed by atoms with Crippen LogP contribution in [0.1, 0.15) is 92.9 Å². The van der Waals surface area contributed by atoms with E-state index in [2.05, 4.69) is 5.32 Å². The van der Waals surface area contributed by atoms with Crippen molar-refractivity contribution in [1.82, 2.24) is 5.32 Å². The highest BCUT2D eigenvalue weighted by Gasteiger charge is 2.40. The van der Waals surface area contributed by atoms with Crippen LogP contribution in [0.25, 0.3) is 0 Å². The first-order chi connectivity index (χ1) is 18.5. The standard InChI is InChI=1S/C30H36F5NO3/c1-39-26-7-5-6-23(31)28(26)25(18-29(32)14-3-2-4-15-29)36-24-13-8-19(17-27(37)38)16-22(24)20-9-11-21(12-10-20)30(33,34)35/h5-7,9-12,19,22,24-25,36H,2-4,8,13-18H2,1H3,(H,37,38)/t19-,22+,24-,25?/m1/s1. The summed E-state index contributed by atoms with van der Waals surface area (Å²) in [5.41, 5.74) is -1.36. The van der Waals surface area contributed by atoms with Gasteiger partial charge < -0.3 is 15.2 Å². The lowest BCUT2D eigenvalue weighted by Gasteiger charge is -2.41. The second kappa shape index (κ2) is 12.2. The SMILES string of the molecule is COc1cccc(F)c1C(CC1(F)CCCCC1)N[C@@H]1CC[C@@H](CC(=O)O)C[C@H]1c1ccc(C(F)(F)F)cc1. The molecular weight excluding hydrogens is 517 g/mol. The van der Waals surface area contributed by atoms with Crippen molar-refractivity contribution >= 4 is 5.97 Å². The van der Waals surface area contributed by atoms with Crippen molar-refractivity contribution in [3.63, 3.8) is 0 Å². The van der Waals surface area contributed by atoms with Crippen LogP contribution < -0.4 is 10.1 Å². The van der Waals surface area contributed by atoms with Crippen molar-refractivity contribution in [1.29, 1.82) is 0 Å². The summed E-state index contributed by atoms with van der Waals surface area (Å²) in [6.07, 6.45) is 0.313. The number of nitrogens with one attached hydrogen (secondary N) is 1. The number of carbonyl (C=O) groups is 1. The van der Waals surface area contributed by atoms with Gasteiger partial charge >= 0.3 is 12.1 Å². The zero-order valence-corrected chi connectivity index (χ0v) is 22.1. The summed E-state index contributed by atoms with van der Waals surface area (Å²) in [6.45, 7) is 0. The van der Waals surface area contributed by atoms with Crippen molar-refractivity contribution < 1.29 is 36.6 Å². The molecule has 0 spiro atoms. The third-order valence-corrected chi connectivity index (χ3v) is 8.40. The van der Waals surface area contributed by atoms with Crippen LogP contribution >= 0.6 is 0 Å². The van der Waals surface area contributed by atoms with Crippen LogP contribution in [-0.4, -0.2) is 29.9 Å². The second-order valence-electron chi connectivity index (χ2n) is 11.1. The Balaban J connectivity index is 1.68. The number of methoxy groups -OCH3 is 1. The summed E-state index contributed by atoms with van der Waals surface area (Å²) in [4.78, 5) is 11.4. The van der Waals surface area contributed by atoms with Crippen LogP contribution in [0.4, 0.5) is 22.0 Å². The van der Waals surface area contributed by atoms with Crippen LogP contribution in [-0.2, 0) is 11.0 Å². The highest BCUT2D eigenvalue weighted by Crippen LogP contribution is 2.44. The van der Waals surface area contributed by atoms with Crippen LogP contribution in [0, 0.1) is 11.7 Å². The van der Waals surface area contributed by atoms with Crippen LogP contribution in [0.5, 0.6) is 5.75 Å². The molecule has 2 aliphatic rings. The molecule has 0 aliphatic heterocycles. The summed E-state index contributed by atoms with van der Waals surface area (Å²) in [5, 5.41) is 12.9. The third-order valence-electron chi connectivity index (χ3n) is 8.40. The molecule has 0 saturated heterocycles. The van der Waals surface area contributed by atoms with Gasteiger partial charge in [0.2, 0.25) is 0 Å². The predicted molar refractivity (Wildman–Crippen MR) is 138 cm³/mol. The summed E-state index contributed by atoms with van der Waals surface area (Å²) in [7, 11) is 1.43. The third kappa shape index (κ3) is 7.29. The number of carboxylic acids is 1. The summed E-state index contributed by atoms with van der Waals surface area (Å²) < 4.78 is 76.4. The lowest BCUT2D eigenvalue weighted by molar-refractivity contribution is -0.139. The fraction of sp³-hybridized carbons (Fsp3) is 0.567. The molecular formula is C30H36F5NO3. The lowest BCUT2D eigenvalue weighted by Crippen LogP contribution is -2.44. The van der Waals surface area contributed by atoms with Crippen molar-refractivity contribution in [3.8, 4) is 5.75 Å². The zero-order chi connectivity index (χ0) is 28.2. The smallest absolute Gasteiger partial charge is 0.416 e. The van der Waals surface area contributed by atoms with E-state index in [0.29, 0.717) is 43.4 Å². The van der Waals surface area contributed by atoms with Gasteiger partial charge in [-0.15, -0.1) is 0 Å². The number of hydrogen-bond acceptors (Lipinski definition) is 3. The van der Waals surface area contributed by atoms with Crippen LogP contribution in [0.15, 0.2) is 42.5 Å². The first-order valence-corrected chi connectivity index (χ1v) is 13.7. The first-order valence-electron chi connectivity index (χ1n) is 13.7. The first kappa shape index (κ1) is 29.3. The number of rotatable bonds is 9. The van der Waals surface area contributed by atoms with Crippen LogP contribution in [0.2, 0.25) is 0 Å². The van der Waals surface area contributed by atoms with E-state index in [9.17, 15) is 23.1 Å². The maximum atomic E-state index is 16.0. The molecule has 2 aliphatic carbocycles. The molecule has 1 unspecified atom stereocenters. The maximum Gasteiger partial charge on any atom is 0.416 e. The maximum absolute atomic E-state index is 16.0. The molecule has 4 nitrogen and oxygen atoms in total. The monoisotopic (exact) mass is 553 g/mol. The van der Waals surface area contributed by atoms with E-state index in [1.807, 2.05) is 0 Å². The molecule has 4 atom stereocenters. The fourth-order valence-electron chi connectivity index (χ4n) is 6.47. The molecule has 9 heteroatoms. The minimum Gasteiger partial charge on any atom is -0.496 e. The average molecular weight is 554 g/mol. The number of alkyl halides is 4. The van der Waals surface area contributed by atoms with Gasteiger partial charge in [0.25, 0.3) is 0 Å². The number of hydrogen-bond donors (Lipinski definition) is 2. The normalized spacial score (nSPS) is 24.2. The van der Waals surface area contributed by atoms with E-state index in [0.717, 1.165) is 31.4 Å². The Bertz CT molecular complexity index is 1110. The minimum atomic E-state index is -4.48. The summed E-state index contributed by atoms with van der Waals surface area (Å²) in [5.74, 6) is -1.62. The van der Waals surface area contributed by atoms with Crippen molar-refractivity contribution in [2.75, 3.05) is 7.11 Å². The number of halogens is 5. The van der Waals surface area contributed by atoms with E-state index in [1.165, 1.54) is 31.4 Å². The molecule has 0 aromatic heterocycles. The van der Waals surface area contributed by atoms with Crippen molar-refractivity contribution in [2.45, 2.75) is 94.1 Å². The van der Waals surface area contributed by atoms with E-state index in [4.69, 9.17) is 4.74 Å². The van der Waals surface area contributed by atoms with Gasteiger partial charge in [0, 0.05) is 30.5 Å². The minimum absolute atomic E-state index is 0.0397. The Morgan fingerprint density at radius 3 is 2.41 bits per heavy atom. The largest absolute Gasteiger partial charge is 0.496 e. The highest BCUT2D eigenvalue weighted by atomic mass is 19.4. The molecule has 2 saturated carbocycles. The Labute approximate surface area is 225 Å². The topological polar surface area (TPSA) is 58.6 Å². The quantitative estimate of drug-likeness (QED) is 0.309. The van der Waals surface area contributed by atoms with Gasteiger partial charge in [0.15, 0.2) is 0 Å². The number of ether oxygens (including phenoxy) is 1. The lowest BCUT2D eigenvalue weighted by atomic mass is 9.72. The van der Waals surface area contributed by atoms with Crippen molar-refractivity contribution in [2.24, 2.45) is 5.92 Å². The number of aliphatic carboxylic acids is 1. The molecule has 0 amide bonds. The Morgan fingerprint density at radius 2 is 1.79 bits per heavy atom. The van der Waals surface area contributed by atoms with Gasteiger partial charge in [-0.1, -0.05) is 37.5 Å². The summed E-state index contributed by atoms with van der Waals surface area (Å²) >= 11 is 0. The fourth-order valence-corrected chi connectivity index (χ4v) is 6.47. The Kier molecular flexibility index (Phi) is 9.19. The van der Waals surface area contributed by atoms with Gasteiger partial charge in [0.05, 0.1) is 12.7 Å². The molecule has 2 N–H and O–H groups in total. The molecule has 214 valence electrons. The van der Waals surface area contributed by atoms with E-state index >= 15 is 8.78 Å². The molecule has 2 aromatic rings. The van der Waals surface area contributed by atoms with Gasteiger partial charge in [-0.2, -0.15) is 13.2 Å². The Hall–Kier alpha value is -2.68. The van der Waals surface area contributed by atoms with E-state index < -0.39 is 35.2 Å². The van der Waals surface area contributed by atoms with Gasteiger partial charge in [-0.25, -0.2) is 8.78 Å². The molecule has 39 heavy (non-hydrogen) atoms. The molecule has 0 bridgehead atoms. The molecule has 2 fully saturated rings. The number of carboxylic acid groups (broad SMARTS) is 1. The predicted octanol–water partition coefficient (Wildman–Crippen LogP) is 7.97. The highest BCUT2D eigenvalue weighted by molar-refractivity contribution is 5.67. The molecule has 4 rings (SSSR count). The average Bonchev–Trinajstić information content (AvgIpc) is 2.88. The molecule has 0 radical (unpaired) electrons. The summed E-state index contributed by atoms with van der Waals surface area (Å²) in [6, 6.07) is 8.35. The van der Waals surface area contributed by atoms with E-state index in [-0.39, 0.29) is 36.3 Å². The van der Waals surface area contributed by atoms with Crippen LogP contribution in [0.3, 0.4) is 0 Å². The molecule has 0 heterocycles.